The van der Waals surface area contributed by atoms with E-state index in [-0.39, 0.29) is 40.5 Å². The van der Waals surface area contributed by atoms with Crippen LogP contribution >= 0.6 is 0 Å². The lowest BCUT2D eigenvalue weighted by atomic mass is 10.1. The predicted molar refractivity (Wildman–Crippen MR) is 139 cm³/mol. The van der Waals surface area contributed by atoms with Gasteiger partial charge in [-0.2, -0.15) is 13.9 Å². The average molecular weight is 574 g/mol. The third-order valence-corrected chi connectivity index (χ3v) is 6.56. The zero-order chi connectivity index (χ0) is 29.4. The molecule has 2 N–H and O–H groups in total. The second-order valence-electron chi connectivity index (χ2n) is 9.68. The summed E-state index contributed by atoms with van der Waals surface area (Å²) in [5.74, 6) is -9.67. The van der Waals surface area contributed by atoms with E-state index in [1.54, 1.807) is 15.7 Å². The van der Waals surface area contributed by atoms with Crippen LogP contribution in [0.5, 0.6) is 11.5 Å². The second kappa shape index (κ2) is 11.1. The molecule has 0 saturated carbocycles. The molecule has 0 radical (unpaired) electrons. The number of fused-ring (bicyclic) bond motifs is 1. The fraction of sp³-hybridized carbons (Fsp3) is 0.259. The minimum atomic E-state index is -1.76. The van der Waals surface area contributed by atoms with E-state index in [1.165, 1.54) is 18.5 Å². The van der Waals surface area contributed by atoms with Gasteiger partial charge in [-0.15, -0.1) is 0 Å². The van der Waals surface area contributed by atoms with Crippen LogP contribution in [0.4, 0.5) is 27.8 Å². The van der Waals surface area contributed by atoms with Gasteiger partial charge in [0, 0.05) is 43.4 Å². The van der Waals surface area contributed by atoms with Crippen molar-refractivity contribution >= 4 is 22.8 Å². The Labute approximate surface area is 230 Å². The molecule has 214 valence electrons. The highest BCUT2D eigenvalue weighted by atomic mass is 19.2. The number of likely N-dealkylation sites (tertiary alicyclic amines) is 1. The van der Waals surface area contributed by atoms with Gasteiger partial charge in [-0.25, -0.2) is 27.8 Å². The highest BCUT2D eigenvalue weighted by molar-refractivity contribution is 5.98. The molecule has 3 heterocycles. The van der Waals surface area contributed by atoms with E-state index in [9.17, 15) is 22.4 Å². The number of likely N-dealkylation sites (N-methyl/N-ethyl adjacent to an activating group) is 1. The first-order valence-electron chi connectivity index (χ1n) is 12.4. The monoisotopic (exact) mass is 573 g/mol. The van der Waals surface area contributed by atoms with Crippen molar-refractivity contribution in [2.24, 2.45) is 0 Å². The summed E-state index contributed by atoms with van der Waals surface area (Å²) >= 11 is 0. The van der Waals surface area contributed by atoms with Gasteiger partial charge < -0.3 is 20.3 Å². The number of halogens is 5. The molecular weight excluding hydrogens is 549 g/mol. The van der Waals surface area contributed by atoms with Crippen molar-refractivity contribution in [2.45, 2.75) is 12.5 Å². The molecule has 1 saturated heterocycles. The molecule has 1 fully saturated rings. The molecule has 14 heteroatoms. The highest BCUT2D eigenvalue weighted by Crippen LogP contribution is 2.37. The van der Waals surface area contributed by atoms with Crippen LogP contribution < -0.4 is 10.5 Å². The normalized spacial score (nSPS) is 15.5. The number of ether oxygens (including phenoxy) is 1. The molecular formula is C27H24F5N7O2. The van der Waals surface area contributed by atoms with Crippen molar-refractivity contribution in [3.8, 4) is 22.8 Å². The molecule has 0 bridgehead atoms. The largest absolute Gasteiger partial charge is 0.451 e. The van der Waals surface area contributed by atoms with Gasteiger partial charge in [0.2, 0.25) is 23.3 Å². The zero-order valence-electron chi connectivity index (χ0n) is 21.9. The Bertz CT molecular complexity index is 1650. The standard InChI is InChI=1S/C27H24F5N7O2/c1-37(2)8-3-4-20(40)38-9-7-14(12-38)39-27-21(26(33)34-13-35-27)24(36-39)16-6-5-15(10-17(16)28)41-25-22(31)18(29)11-19(30)23(25)32/h3-6,10-11,13-14H,7-9,12H2,1-2H3,(H2,33,34,35)/t14-/m1/s1. The Morgan fingerprint density at radius 2 is 1.83 bits per heavy atom. The van der Waals surface area contributed by atoms with Gasteiger partial charge >= 0.3 is 0 Å². The number of nitrogens with two attached hydrogens (primary N) is 1. The third-order valence-electron chi connectivity index (χ3n) is 6.56. The smallest absolute Gasteiger partial charge is 0.246 e. The quantitative estimate of drug-likeness (QED) is 0.198. The third kappa shape index (κ3) is 5.42. The summed E-state index contributed by atoms with van der Waals surface area (Å²) in [6, 6.07) is 2.91. The molecule has 0 aliphatic carbocycles. The van der Waals surface area contributed by atoms with E-state index in [0.717, 1.165) is 12.1 Å². The molecule has 1 aliphatic rings. The lowest BCUT2D eigenvalue weighted by molar-refractivity contribution is -0.125. The van der Waals surface area contributed by atoms with Gasteiger partial charge in [-0.05, 0) is 32.6 Å². The van der Waals surface area contributed by atoms with E-state index >= 15 is 4.39 Å². The minimum absolute atomic E-state index is 0.0351. The van der Waals surface area contributed by atoms with Gasteiger partial charge in [0.15, 0.2) is 17.3 Å². The maximum Gasteiger partial charge on any atom is 0.246 e. The van der Waals surface area contributed by atoms with Gasteiger partial charge in [0.25, 0.3) is 0 Å². The molecule has 9 nitrogen and oxygen atoms in total. The minimum Gasteiger partial charge on any atom is -0.451 e. The lowest BCUT2D eigenvalue weighted by Gasteiger charge is -2.15. The van der Waals surface area contributed by atoms with E-state index in [1.807, 2.05) is 19.0 Å². The molecule has 2 aromatic carbocycles. The molecule has 1 aliphatic heterocycles. The highest BCUT2D eigenvalue weighted by Gasteiger charge is 2.31. The van der Waals surface area contributed by atoms with Crippen LogP contribution in [-0.4, -0.2) is 69.2 Å². The number of rotatable bonds is 7. The van der Waals surface area contributed by atoms with Crippen LogP contribution in [0.2, 0.25) is 0 Å². The topological polar surface area (TPSA) is 102 Å². The molecule has 4 aromatic rings. The van der Waals surface area contributed by atoms with E-state index in [2.05, 4.69) is 15.1 Å². The van der Waals surface area contributed by atoms with E-state index < -0.39 is 40.6 Å². The Balaban J connectivity index is 1.46. The Morgan fingerprint density at radius 3 is 2.51 bits per heavy atom. The maximum atomic E-state index is 15.4. The van der Waals surface area contributed by atoms with Crippen LogP contribution in [-0.2, 0) is 4.79 Å². The van der Waals surface area contributed by atoms with Crippen molar-refractivity contribution in [3.05, 3.63) is 71.8 Å². The molecule has 0 unspecified atom stereocenters. The average Bonchev–Trinajstić information content (AvgIpc) is 3.56. The molecule has 5 rings (SSSR count). The van der Waals surface area contributed by atoms with Crippen LogP contribution in [0.25, 0.3) is 22.3 Å². The van der Waals surface area contributed by atoms with E-state index in [4.69, 9.17) is 10.5 Å². The Morgan fingerprint density at radius 1 is 1.10 bits per heavy atom. The number of anilines is 1. The number of amides is 1. The van der Waals surface area contributed by atoms with E-state index in [0.29, 0.717) is 31.7 Å². The summed E-state index contributed by atoms with van der Waals surface area (Å²) in [6.07, 6.45) is 5.10. The summed E-state index contributed by atoms with van der Waals surface area (Å²) in [7, 11) is 3.78. The number of aromatic nitrogens is 4. The first-order valence-corrected chi connectivity index (χ1v) is 12.4. The fourth-order valence-corrected chi connectivity index (χ4v) is 4.56. The van der Waals surface area contributed by atoms with Gasteiger partial charge in [0.05, 0.1) is 11.4 Å². The van der Waals surface area contributed by atoms with Gasteiger partial charge in [0.1, 0.15) is 29.4 Å². The molecule has 1 amide bonds. The van der Waals surface area contributed by atoms with Crippen molar-refractivity contribution in [1.82, 2.24) is 29.5 Å². The van der Waals surface area contributed by atoms with Crippen molar-refractivity contribution in [1.29, 1.82) is 0 Å². The first kappa shape index (κ1) is 28.0. The number of nitrogen functional groups attached to an aromatic ring is 1. The fourth-order valence-electron chi connectivity index (χ4n) is 4.56. The van der Waals surface area contributed by atoms with Gasteiger partial charge in [-0.3, -0.25) is 4.79 Å². The van der Waals surface area contributed by atoms with Crippen molar-refractivity contribution < 1.29 is 31.5 Å². The molecule has 0 spiro atoms. The number of carbonyl (C=O) groups excluding carboxylic acids is 1. The number of benzene rings is 2. The van der Waals surface area contributed by atoms with Crippen LogP contribution in [0, 0.1) is 29.1 Å². The Kier molecular flexibility index (Phi) is 7.58. The summed E-state index contributed by atoms with van der Waals surface area (Å²) < 4.78 is 77.1. The second-order valence-corrected chi connectivity index (χ2v) is 9.68. The zero-order valence-corrected chi connectivity index (χ0v) is 21.9. The summed E-state index contributed by atoms with van der Waals surface area (Å²) in [5.41, 5.74) is 6.48. The maximum absolute atomic E-state index is 15.4. The van der Waals surface area contributed by atoms with Gasteiger partial charge in [-0.1, -0.05) is 6.08 Å². The molecule has 2 aromatic heterocycles. The number of hydrogen-bond acceptors (Lipinski definition) is 7. The summed E-state index contributed by atoms with van der Waals surface area (Å²) in [5, 5.41) is 4.84. The Hall–Kier alpha value is -4.59. The lowest BCUT2D eigenvalue weighted by Crippen LogP contribution is -2.28. The summed E-state index contributed by atoms with van der Waals surface area (Å²) in [4.78, 5) is 24.5. The van der Waals surface area contributed by atoms with Crippen molar-refractivity contribution in [3.63, 3.8) is 0 Å². The molecule has 41 heavy (non-hydrogen) atoms. The predicted octanol–water partition coefficient (Wildman–Crippen LogP) is 4.45. The van der Waals surface area contributed by atoms with Crippen molar-refractivity contribution in [2.75, 3.05) is 39.5 Å². The number of carbonyl (C=O) groups is 1. The first-order chi connectivity index (χ1) is 19.5. The van der Waals surface area contributed by atoms with Crippen LogP contribution in [0.15, 0.2) is 42.7 Å². The summed E-state index contributed by atoms with van der Waals surface area (Å²) in [6.45, 7) is 1.42. The van der Waals surface area contributed by atoms with Crippen LogP contribution in [0.1, 0.15) is 12.5 Å². The van der Waals surface area contributed by atoms with Crippen LogP contribution in [0.3, 0.4) is 0 Å². The molecule has 1 atom stereocenters. The number of nitrogens with zero attached hydrogens (tertiary/aromatic N) is 6. The number of hydrogen-bond donors (Lipinski definition) is 1. The SMILES string of the molecule is CN(C)CC=CC(=O)N1CC[C@@H](n2nc(-c3ccc(Oc4c(F)c(F)cc(F)c4F)cc3F)c3c(N)ncnc32)C1.